The lowest BCUT2D eigenvalue weighted by molar-refractivity contribution is 0.102. The first-order valence-electron chi connectivity index (χ1n) is 4.41. The minimum Gasteiger partial charge on any atom is -0.338 e. The summed E-state index contributed by atoms with van der Waals surface area (Å²) in [5, 5.41) is 12.7. The molecule has 0 unspecified atom stereocenters. The molecule has 0 aliphatic heterocycles. The molecule has 0 aliphatic carbocycles. The zero-order valence-electron chi connectivity index (χ0n) is 8.37. The van der Waals surface area contributed by atoms with Gasteiger partial charge in [0.1, 0.15) is 0 Å². The number of hydrogen-bond donors (Lipinski definition) is 2. The van der Waals surface area contributed by atoms with Crippen molar-refractivity contribution >= 4 is 11.8 Å². The van der Waals surface area contributed by atoms with E-state index in [0.29, 0.717) is 22.8 Å². The molecule has 2 aromatic rings. The van der Waals surface area contributed by atoms with Gasteiger partial charge >= 0.3 is 0 Å². The Labute approximate surface area is 85.7 Å². The summed E-state index contributed by atoms with van der Waals surface area (Å²) in [4.78, 5) is 11.6. The van der Waals surface area contributed by atoms with E-state index in [2.05, 4.69) is 20.7 Å². The van der Waals surface area contributed by atoms with Gasteiger partial charge in [-0.2, -0.15) is 5.10 Å². The van der Waals surface area contributed by atoms with Gasteiger partial charge in [-0.25, -0.2) is 0 Å². The number of aromatic amines is 1. The molecule has 0 fully saturated rings. The highest BCUT2D eigenvalue weighted by molar-refractivity contribution is 6.04. The van der Waals surface area contributed by atoms with Crippen LogP contribution in [0.2, 0.25) is 0 Å². The second-order valence-electron chi connectivity index (χ2n) is 3.20. The fourth-order valence-corrected chi connectivity index (χ4v) is 1.18. The summed E-state index contributed by atoms with van der Waals surface area (Å²) in [6, 6.07) is 1.65. The van der Waals surface area contributed by atoms with Crippen LogP contribution in [0.5, 0.6) is 0 Å². The third kappa shape index (κ3) is 1.88. The predicted octanol–water partition coefficient (Wildman–Crippen LogP) is 1.27. The van der Waals surface area contributed by atoms with Gasteiger partial charge in [0, 0.05) is 11.8 Å². The monoisotopic (exact) mass is 206 g/mol. The summed E-state index contributed by atoms with van der Waals surface area (Å²) in [6.45, 7) is 3.55. The van der Waals surface area contributed by atoms with Gasteiger partial charge in [-0.1, -0.05) is 5.16 Å². The summed E-state index contributed by atoms with van der Waals surface area (Å²) < 4.78 is 4.86. The molecule has 0 atom stereocenters. The molecule has 2 rings (SSSR count). The average Bonchev–Trinajstić information content (AvgIpc) is 2.75. The summed E-state index contributed by atoms with van der Waals surface area (Å²) in [6.07, 6.45) is 1.47. The first-order valence-corrected chi connectivity index (χ1v) is 4.41. The normalized spacial score (nSPS) is 10.3. The molecular weight excluding hydrogens is 196 g/mol. The number of nitrogens with one attached hydrogen (secondary N) is 2. The van der Waals surface area contributed by atoms with Crippen molar-refractivity contribution in [2.24, 2.45) is 0 Å². The van der Waals surface area contributed by atoms with Gasteiger partial charge < -0.3 is 4.52 Å². The lowest BCUT2D eigenvalue weighted by atomic mass is 10.2. The van der Waals surface area contributed by atoms with Crippen molar-refractivity contribution in [2.45, 2.75) is 13.8 Å². The van der Waals surface area contributed by atoms with Crippen LogP contribution >= 0.6 is 0 Å². The van der Waals surface area contributed by atoms with Crippen LogP contribution in [-0.4, -0.2) is 21.3 Å². The maximum absolute atomic E-state index is 11.6. The van der Waals surface area contributed by atoms with E-state index in [1.54, 1.807) is 19.9 Å². The van der Waals surface area contributed by atoms with Crippen molar-refractivity contribution in [1.82, 2.24) is 15.4 Å². The number of nitrogens with zero attached hydrogens (tertiary/aromatic N) is 2. The highest BCUT2D eigenvalue weighted by atomic mass is 16.5. The summed E-state index contributed by atoms with van der Waals surface area (Å²) >= 11 is 0. The van der Waals surface area contributed by atoms with Crippen LogP contribution < -0.4 is 5.32 Å². The van der Waals surface area contributed by atoms with Crippen LogP contribution in [0.25, 0.3) is 0 Å². The number of carbonyl (C=O) groups excluding carboxylic acids is 1. The molecular formula is C9H10N4O2. The molecule has 0 saturated heterocycles. The minimum absolute atomic E-state index is 0.266. The number of H-pyrrole nitrogens is 1. The second kappa shape index (κ2) is 3.56. The number of aryl methyl sites for hydroxylation is 2. The lowest BCUT2D eigenvalue weighted by Gasteiger charge is -1.98. The van der Waals surface area contributed by atoms with E-state index >= 15 is 0 Å². The Balaban J connectivity index is 2.14. The Morgan fingerprint density at radius 2 is 2.33 bits per heavy atom. The lowest BCUT2D eigenvalue weighted by Crippen LogP contribution is -2.11. The summed E-state index contributed by atoms with van der Waals surface area (Å²) in [7, 11) is 0. The van der Waals surface area contributed by atoms with E-state index in [9.17, 15) is 4.79 Å². The molecule has 0 radical (unpaired) electrons. The molecule has 0 spiro atoms. The highest BCUT2D eigenvalue weighted by Crippen LogP contribution is 2.11. The number of amides is 1. The summed E-state index contributed by atoms with van der Waals surface area (Å²) in [5.74, 6) is 0.0653. The van der Waals surface area contributed by atoms with Crippen LogP contribution in [0.15, 0.2) is 16.8 Å². The molecule has 0 bridgehead atoms. The fraction of sp³-hybridized carbons (Fsp3) is 0.222. The molecule has 1 amide bonds. The van der Waals surface area contributed by atoms with Crippen molar-refractivity contribution < 1.29 is 9.32 Å². The average molecular weight is 206 g/mol. The van der Waals surface area contributed by atoms with Crippen molar-refractivity contribution in [3.05, 3.63) is 29.2 Å². The largest absolute Gasteiger partial charge is 0.338 e. The molecule has 6 nitrogen and oxygen atoms in total. The minimum atomic E-state index is -0.266. The van der Waals surface area contributed by atoms with Gasteiger partial charge in [-0.05, 0) is 13.8 Å². The van der Waals surface area contributed by atoms with Gasteiger partial charge in [-0.3, -0.25) is 15.2 Å². The van der Waals surface area contributed by atoms with Crippen molar-refractivity contribution in [1.29, 1.82) is 0 Å². The Bertz CT molecular complexity index is 486. The maximum atomic E-state index is 11.6. The second-order valence-corrected chi connectivity index (χ2v) is 3.20. The van der Waals surface area contributed by atoms with Crippen LogP contribution in [-0.2, 0) is 0 Å². The smallest absolute Gasteiger partial charge is 0.261 e. The van der Waals surface area contributed by atoms with E-state index < -0.39 is 0 Å². The van der Waals surface area contributed by atoms with E-state index in [4.69, 9.17) is 4.52 Å². The summed E-state index contributed by atoms with van der Waals surface area (Å²) in [5.41, 5.74) is 1.92. The van der Waals surface area contributed by atoms with Crippen LogP contribution in [0.3, 0.4) is 0 Å². The number of rotatable bonds is 2. The first-order chi connectivity index (χ1) is 7.16. The molecule has 6 heteroatoms. The zero-order valence-corrected chi connectivity index (χ0v) is 8.37. The van der Waals surface area contributed by atoms with E-state index in [1.807, 2.05) is 0 Å². The Morgan fingerprint density at radius 3 is 2.87 bits per heavy atom. The first kappa shape index (κ1) is 9.45. The van der Waals surface area contributed by atoms with Crippen molar-refractivity contribution in [2.75, 3.05) is 5.32 Å². The Morgan fingerprint density at radius 1 is 1.53 bits per heavy atom. The van der Waals surface area contributed by atoms with Gasteiger partial charge in [0.25, 0.3) is 5.91 Å². The fourth-order valence-electron chi connectivity index (χ4n) is 1.18. The van der Waals surface area contributed by atoms with Gasteiger partial charge in [-0.15, -0.1) is 0 Å². The van der Waals surface area contributed by atoms with Crippen molar-refractivity contribution in [3.63, 3.8) is 0 Å². The molecule has 0 saturated carbocycles. The molecule has 78 valence electrons. The highest BCUT2D eigenvalue weighted by Gasteiger charge is 2.12. The molecule has 0 aromatic carbocycles. The number of aromatic nitrogens is 3. The van der Waals surface area contributed by atoms with E-state index in [0.717, 1.165) is 0 Å². The molecule has 2 heterocycles. The van der Waals surface area contributed by atoms with Gasteiger partial charge in [0.2, 0.25) is 5.88 Å². The van der Waals surface area contributed by atoms with E-state index in [1.165, 1.54) is 6.20 Å². The molecule has 15 heavy (non-hydrogen) atoms. The molecule has 2 aromatic heterocycles. The molecule has 2 N–H and O–H groups in total. The van der Waals surface area contributed by atoms with Crippen LogP contribution in [0.1, 0.15) is 21.7 Å². The topological polar surface area (TPSA) is 83.8 Å². The Kier molecular flexibility index (Phi) is 2.24. The number of hydrogen-bond acceptors (Lipinski definition) is 4. The van der Waals surface area contributed by atoms with Gasteiger partial charge in [0.05, 0.1) is 17.5 Å². The van der Waals surface area contributed by atoms with Crippen molar-refractivity contribution in [3.8, 4) is 0 Å². The number of carbonyl (C=O) groups is 1. The Hall–Kier alpha value is -2.11. The zero-order chi connectivity index (χ0) is 10.8. The molecule has 0 aliphatic rings. The third-order valence-corrected chi connectivity index (χ3v) is 1.94. The van der Waals surface area contributed by atoms with Gasteiger partial charge in [0.15, 0.2) is 0 Å². The quantitative estimate of drug-likeness (QED) is 0.774. The maximum Gasteiger partial charge on any atom is 0.261 e. The van der Waals surface area contributed by atoms with E-state index in [-0.39, 0.29) is 5.91 Å². The number of anilines is 1. The standard InChI is InChI=1S/C9H10N4O2/c1-5-3-8(15-13-5)11-9(14)7-4-10-12-6(7)2/h3-4H,1-2H3,(H,10,12)(H,11,14). The third-order valence-electron chi connectivity index (χ3n) is 1.94. The van der Waals surface area contributed by atoms with Crippen LogP contribution in [0.4, 0.5) is 5.88 Å². The van der Waals surface area contributed by atoms with Crippen LogP contribution in [0, 0.1) is 13.8 Å². The SMILES string of the molecule is Cc1cc(NC(=O)c2cn[nH]c2C)on1. The predicted molar refractivity (Wildman–Crippen MR) is 52.5 cm³/mol.